The highest BCUT2D eigenvalue weighted by atomic mass is 16.5. The summed E-state index contributed by atoms with van der Waals surface area (Å²) in [5, 5.41) is 3.94. The van der Waals surface area contributed by atoms with Crippen LogP contribution in [0.2, 0.25) is 0 Å². The number of amides is 1. The number of rotatable bonds is 8. The molecule has 3 aromatic rings. The number of hydrogen-bond donors (Lipinski definition) is 0. The van der Waals surface area contributed by atoms with Crippen LogP contribution in [0, 0.1) is 6.92 Å². The molecule has 0 unspecified atom stereocenters. The predicted molar refractivity (Wildman–Crippen MR) is 100 cm³/mol. The summed E-state index contributed by atoms with van der Waals surface area (Å²) in [4.78, 5) is 22.2. The minimum absolute atomic E-state index is 0.00652. The van der Waals surface area contributed by atoms with Crippen molar-refractivity contribution in [2.45, 2.75) is 19.8 Å². The Morgan fingerprint density at radius 3 is 2.74 bits per heavy atom. The third-order valence-corrected chi connectivity index (χ3v) is 4.16. The van der Waals surface area contributed by atoms with Crippen LogP contribution in [0.15, 0.2) is 53.3 Å². The van der Waals surface area contributed by atoms with Crippen LogP contribution in [0.3, 0.4) is 0 Å². The standard InChI is InChI=1S/C20H22N4O3/c1-15-5-3-4-6-17(15)26-14-13-24(2)19(25)8-7-18-22-20(23-27-18)16-9-11-21-12-10-16/h3-6,9-12H,7-8,13-14H2,1-2H3. The van der Waals surface area contributed by atoms with Crippen molar-refractivity contribution in [2.24, 2.45) is 0 Å². The van der Waals surface area contributed by atoms with Gasteiger partial charge in [-0.05, 0) is 30.7 Å². The summed E-state index contributed by atoms with van der Waals surface area (Å²) in [5.74, 6) is 1.79. The van der Waals surface area contributed by atoms with E-state index < -0.39 is 0 Å². The van der Waals surface area contributed by atoms with Gasteiger partial charge in [-0.15, -0.1) is 0 Å². The lowest BCUT2D eigenvalue weighted by atomic mass is 10.2. The second-order valence-electron chi connectivity index (χ2n) is 6.18. The molecule has 0 radical (unpaired) electrons. The fourth-order valence-electron chi connectivity index (χ4n) is 2.51. The van der Waals surface area contributed by atoms with Gasteiger partial charge in [-0.3, -0.25) is 9.78 Å². The zero-order chi connectivity index (χ0) is 19.1. The molecule has 1 aromatic carbocycles. The van der Waals surface area contributed by atoms with Gasteiger partial charge < -0.3 is 14.2 Å². The molecule has 0 fully saturated rings. The lowest BCUT2D eigenvalue weighted by molar-refractivity contribution is -0.130. The lowest BCUT2D eigenvalue weighted by Crippen LogP contribution is -2.31. The number of pyridine rings is 1. The molecular formula is C20H22N4O3. The van der Waals surface area contributed by atoms with Crippen LogP contribution in [-0.4, -0.2) is 46.1 Å². The van der Waals surface area contributed by atoms with Crippen molar-refractivity contribution in [3.8, 4) is 17.1 Å². The van der Waals surface area contributed by atoms with Gasteiger partial charge in [0, 0.05) is 37.8 Å². The molecule has 0 N–H and O–H groups in total. The van der Waals surface area contributed by atoms with E-state index >= 15 is 0 Å². The maximum absolute atomic E-state index is 12.3. The summed E-state index contributed by atoms with van der Waals surface area (Å²) < 4.78 is 11.0. The van der Waals surface area contributed by atoms with Gasteiger partial charge in [-0.1, -0.05) is 23.4 Å². The second-order valence-corrected chi connectivity index (χ2v) is 6.18. The van der Waals surface area contributed by atoms with Crippen LogP contribution in [-0.2, 0) is 11.2 Å². The first-order valence-corrected chi connectivity index (χ1v) is 8.79. The van der Waals surface area contributed by atoms with E-state index in [1.54, 1.807) is 24.3 Å². The van der Waals surface area contributed by atoms with Crippen molar-refractivity contribution in [3.05, 3.63) is 60.2 Å². The summed E-state index contributed by atoms with van der Waals surface area (Å²) in [7, 11) is 1.76. The first-order chi connectivity index (χ1) is 13.1. The van der Waals surface area contributed by atoms with Crippen LogP contribution < -0.4 is 4.74 Å². The first-order valence-electron chi connectivity index (χ1n) is 8.79. The number of aryl methyl sites for hydroxylation is 2. The van der Waals surface area contributed by atoms with Crippen LogP contribution in [0.1, 0.15) is 17.9 Å². The Balaban J connectivity index is 1.43. The van der Waals surface area contributed by atoms with Crippen LogP contribution in [0.4, 0.5) is 0 Å². The average Bonchev–Trinajstić information content (AvgIpc) is 3.17. The number of aromatic nitrogens is 3. The molecule has 0 aliphatic carbocycles. The lowest BCUT2D eigenvalue weighted by Gasteiger charge is -2.17. The number of ether oxygens (including phenoxy) is 1. The van der Waals surface area contributed by atoms with Gasteiger partial charge in [0.15, 0.2) is 0 Å². The normalized spacial score (nSPS) is 10.6. The van der Waals surface area contributed by atoms with Crippen LogP contribution >= 0.6 is 0 Å². The molecule has 0 saturated heterocycles. The van der Waals surface area contributed by atoms with Crippen molar-refractivity contribution in [3.63, 3.8) is 0 Å². The highest BCUT2D eigenvalue weighted by Gasteiger charge is 2.13. The van der Waals surface area contributed by atoms with Crippen molar-refractivity contribution >= 4 is 5.91 Å². The molecule has 7 nitrogen and oxygen atoms in total. The smallest absolute Gasteiger partial charge is 0.227 e. The monoisotopic (exact) mass is 366 g/mol. The summed E-state index contributed by atoms with van der Waals surface area (Å²) >= 11 is 0. The molecule has 0 bridgehead atoms. The molecule has 0 spiro atoms. The maximum atomic E-state index is 12.3. The van der Waals surface area contributed by atoms with Crippen molar-refractivity contribution in [1.29, 1.82) is 0 Å². The minimum Gasteiger partial charge on any atom is -0.491 e. The summed E-state index contributed by atoms with van der Waals surface area (Å²) in [6.07, 6.45) is 4.05. The fraction of sp³-hybridized carbons (Fsp3) is 0.300. The number of nitrogens with zero attached hydrogens (tertiary/aromatic N) is 4. The molecule has 0 aliphatic heterocycles. The van der Waals surface area contributed by atoms with E-state index in [9.17, 15) is 4.79 Å². The molecular weight excluding hydrogens is 344 g/mol. The molecule has 0 saturated carbocycles. The number of hydrogen-bond acceptors (Lipinski definition) is 6. The maximum Gasteiger partial charge on any atom is 0.227 e. The molecule has 0 aliphatic rings. The van der Waals surface area contributed by atoms with Crippen molar-refractivity contribution in [2.75, 3.05) is 20.2 Å². The van der Waals surface area contributed by atoms with Gasteiger partial charge in [-0.2, -0.15) is 4.98 Å². The quantitative estimate of drug-likeness (QED) is 0.610. The zero-order valence-electron chi connectivity index (χ0n) is 15.5. The Morgan fingerprint density at radius 1 is 1.19 bits per heavy atom. The largest absolute Gasteiger partial charge is 0.491 e. The molecule has 2 heterocycles. The zero-order valence-corrected chi connectivity index (χ0v) is 15.5. The fourth-order valence-corrected chi connectivity index (χ4v) is 2.51. The van der Waals surface area contributed by atoms with E-state index in [1.807, 2.05) is 43.3 Å². The van der Waals surface area contributed by atoms with Crippen LogP contribution in [0.25, 0.3) is 11.4 Å². The molecule has 1 amide bonds. The van der Waals surface area contributed by atoms with Crippen molar-refractivity contribution in [1.82, 2.24) is 20.0 Å². The molecule has 27 heavy (non-hydrogen) atoms. The van der Waals surface area contributed by atoms with Gasteiger partial charge >= 0.3 is 0 Å². The average molecular weight is 366 g/mol. The van der Waals surface area contributed by atoms with Gasteiger partial charge in [0.05, 0.1) is 6.54 Å². The Bertz CT molecular complexity index is 880. The number of carbonyl (C=O) groups excluding carboxylic acids is 1. The second kappa shape index (κ2) is 8.93. The highest BCUT2D eigenvalue weighted by Crippen LogP contribution is 2.16. The summed E-state index contributed by atoms with van der Waals surface area (Å²) in [5.41, 5.74) is 1.91. The number of carbonyl (C=O) groups is 1. The van der Waals surface area contributed by atoms with Gasteiger partial charge in [-0.25, -0.2) is 0 Å². The van der Waals surface area contributed by atoms with Gasteiger partial charge in [0.1, 0.15) is 12.4 Å². The Kier molecular flexibility index (Phi) is 6.14. The van der Waals surface area contributed by atoms with Crippen molar-refractivity contribution < 1.29 is 14.1 Å². The molecule has 3 rings (SSSR count). The van der Waals surface area contributed by atoms with Gasteiger partial charge in [0.2, 0.25) is 17.6 Å². The minimum atomic E-state index is 0.00652. The number of likely N-dealkylation sites (N-methyl/N-ethyl adjacent to an activating group) is 1. The van der Waals surface area contributed by atoms with E-state index in [0.717, 1.165) is 16.9 Å². The van der Waals surface area contributed by atoms with E-state index in [0.29, 0.717) is 37.7 Å². The highest BCUT2D eigenvalue weighted by molar-refractivity contribution is 5.76. The number of benzene rings is 1. The molecule has 2 aromatic heterocycles. The Labute approximate surface area is 158 Å². The molecule has 7 heteroatoms. The third-order valence-electron chi connectivity index (χ3n) is 4.16. The van der Waals surface area contributed by atoms with Crippen LogP contribution in [0.5, 0.6) is 5.75 Å². The van der Waals surface area contributed by atoms with E-state index in [2.05, 4.69) is 15.1 Å². The van der Waals surface area contributed by atoms with E-state index in [1.165, 1.54) is 0 Å². The SMILES string of the molecule is Cc1ccccc1OCCN(C)C(=O)CCc1nc(-c2ccncc2)no1. The topological polar surface area (TPSA) is 81.4 Å². The van der Waals surface area contributed by atoms with E-state index in [4.69, 9.17) is 9.26 Å². The van der Waals surface area contributed by atoms with Gasteiger partial charge in [0.25, 0.3) is 0 Å². The summed E-state index contributed by atoms with van der Waals surface area (Å²) in [6, 6.07) is 11.4. The number of para-hydroxylation sites is 1. The van der Waals surface area contributed by atoms with E-state index in [-0.39, 0.29) is 5.91 Å². The molecule has 140 valence electrons. The first kappa shape index (κ1) is 18.6. The summed E-state index contributed by atoms with van der Waals surface area (Å²) in [6.45, 7) is 2.95. The molecule has 0 atom stereocenters. The Morgan fingerprint density at radius 2 is 1.96 bits per heavy atom. The Hall–Kier alpha value is -3.22. The predicted octanol–water partition coefficient (Wildman–Crippen LogP) is 2.91. The third kappa shape index (κ3) is 5.13.